The Morgan fingerprint density at radius 2 is 0.540 bits per heavy atom. The van der Waals surface area contributed by atoms with Crippen LogP contribution in [0.1, 0.15) is 283 Å². The lowest BCUT2D eigenvalue weighted by molar-refractivity contribution is -0.128. The summed E-state index contributed by atoms with van der Waals surface area (Å²) in [5, 5.41) is 0. The van der Waals surface area contributed by atoms with Gasteiger partial charge in [0.15, 0.2) is 0 Å². The van der Waals surface area contributed by atoms with Gasteiger partial charge in [-0.3, -0.25) is 0 Å². The van der Waals surface area contributed by atoms with E-state index in [9.17, 15) is 0 Å². The van der Waals surface area contributed by atoms with E-state index in [1.807, 2.05) is 0 Å². The summed E-state index contributed by atoms with van der Waals surface area (Å²) in [6.07, 6.45) is 54.1. The van der Waals surface area contributed by atoms with Crippen molar-refractivity contribution in [1.82, 2.24) is 0 Å². The van der Waals surface area contributed by atoms with E-state index in [0.717, 1.165) is 36.8 Å². The number of unbranched alkanes of at least 4 members (excludes halogenated alkanes) is 34. The zero-order chi connectivity index (χ0) is 45.4. The number of hydrogen-bond donors (Lipinski definition) is 0. The van der Waals surface area contributed by atoms with Crippen LogP contribution in [0.2, 0.25) is 0 Å². The largest absolute Gasteiger partial charge is 0.359 e. The minimum Gasteiger partial charge on any atom is -0.359 e. The van der Waals surface area contributed by atoms with Gasteiger partial charge in [0.1, 0.15) is 0 Å². The van der Waals surface area contributed by atoms with E-state index < -0.39 is 11.2 Å². The van der Waals surface area contributed by atoms with Gasteiger partial charge in [-0.15, -0.1) is 0 Å². The fourth-order valence-corrected chi connectivity index (χ4v) is 10.1. The van der Waals surface area contributed by atoms with Crippen LogP contribution in [0, 0.1) is 0 Å². The molecule has 2 aromatic carbocycles. The molecule has 0 fully saturated rings. The van der Waals surface area contributed by atoms with Gasteiger partial charge >= 0.3 is 0 Å². The van der Waals surface area contributed by atoms with Gasteiger partial charge in [0.2, 0.25) is 0 Å². The predicted octanol–water partition coefficient (Wildman–Crippen LogP) is 21.0. The summed E-state index contributed by atoms with van der Waals surface area (Å²) >= 11 is 0. The van der Waals surface area contributed by atoms with Crippen LogP contribution in [-0.2, 0) is 17.6 Å². The Bertz CT molecular complexity index is 1210. The Morgan fingerprint density at radius 3 is 0.746 bits per heavy atom. The fourth-order valence-electron chi connectivity index (χ4n) is 10.1. The van der Waals surface area contributed by atoms with Crippen molar-refractivity contribution in [2.24, 2.45) is 0 Å². The highest BCUT2D eigenvalue weighted by molar-refractivity contribution is 5.27. The summed E-state index contributed by atoms with van der Waals surface area (Å²) in [4.78, 5) is 0. The summed E-state index contributed by atoms with van der Waals surface area (Å²) < 4.78 is 7.82. The predicted molar refractivity (Wildman–Crippen MR) is 283 cm³/mol. The SMILES string of the molecule is C=C(C)C(CCCCCCCCCCCCCCCCCCCC)(Cc1ccccc1)OC(CCCCCCCCCCCCCCCCCCCC)(Cc1ccccc1)C(=C)C. The lowest BCUT2D eigenvalue weighted by atomic mass is 9.78. The molecule has 2 atom stereocenters. The van der Waals surface area contributed by atoms with Crippen molar-refractivity contribution in [3.63, 3.8) is 0 Å². The molecule has 1 nitrogen and oxygen atoms in total. The Balaban J connectivity index is 1.86. The summed E-state index contributed by atoms with van der Waals surface area (Å²) in [5.41, 5.74) is 4.14. The molecule has 0 radical (unpaired) electrons. The van der Waals surface area contributed by atoms with E-state index >= 15 is 0 Å². The molecule has 0 N–H and O–H groups in total. The molecule has 2 unspecified atom stereocenters. The molecule has 0 heterocycles. The van der Waals surface area contributed by atoms with Gasteiger partial charge in [0, 0.05) is 12.8 Å². The van der Waals surface area contributed by atoms with E-state index in [2.05, 4.69) is 88.4 Å². The third kappa shape index (κ3) is 28.5. The van der Waals surface area contributed by atoms with Crippen LogP contribution < -0.4 is 0 Å². The standard InChI is InChI=1S/C62H106O/c1-7-9-11-13-15-17-19-21-23-25-27-29-31-33-35-37-39-47-53-61(57(3)4,55-59-49-43-41-44-50-59)63-62(58(5)6,56-60-51-45-42-46-52-60)54-48-40-38-36-34-32-30-28-26-24-22-20-18-16-14-12-10-8-2/h41-46,49-52H,3,5,7-40,47-48,53-56H2,1-2,4,6H3. The maximum atomic E-state index is 7.82. The summed E-state index contributed by atoms with van der Waals surface area (Å²) in [7, 11) is 0. The topological polar surface area (TPSA) is 9.23 Å². The highest BCUT2D eigenvalue weighted by Gasteiger charge is 2.43. The molecule has 2 rings (SSSR count). The molecule has 0 bridgehead atoms. The average molecular weight is 868 g/mol. The lowest BCUT2D eigenvalue weighted by Crippen LogP contribution is -2.49. The first-order chi connectivity index (χ1) is 30.9. The number of ether oxygens (including phenoxy) is 1. The van der Waals surface area contributed by atoms with Crippen molar-refractivity contribution in [2.45, 2.75) is 296 Å². The van der Waals surface area contributed by atoms with E-state index in [1.54, 1.807) is 0 Å². The van der Waals surface area contributed by atoms with Crippen LogP contribution in [0.25, 0.3) is 0 Å². The molecule has 0 saturated carbocycles. The molecule has 2 aromatic rings. The molecule has 0 aliphatic carbocycles. The second kappa shape index (κ2) is 39.1. The molecule has 0 spiro atoms. The second-order valence-corrected chi connectivity index (χ2v) is 20.5. The molecule has 360 valence electrons. The van der Waals surface area contributed by atoms with Crippen LogP contribution >= 0.6 is 0 Å². The highest BCUT2D eigenvalue weighted by Crippen LogP contribution is 2.42. The first kappa shape index (κ1) is 57.0. The normalized spacial score (nSPS) is 13.5. The van der Waals surface area contributed by atoms with E-state index in [1.165, 1.54) is 242 Å². The third-order valence-electron chi connectivity index (χ3n) is 14.5. The molecular formula is C62H106O. The van der Waals surface area contributed by atoms with Crippen molar-refractivity contribution in [3.05, 3.63) is 96.1 Å². The number of benzene rings is 2. The van der Waals surface area contributed by atoms with Crippen LogP contribution in [0.4, 0.5) is 0 Å². The molecular weight excluding hydrogens is 761 g/mol. The van der Waals surface area contributed by atoms with Gasteiger partial charge in [0.05, 0.1) is 11.2 Å². The van der Waals surface area contributed by atoms with Gasteiger partial charge in [-0.05, 0) is 49.0 Å². The van der Waals surface area contributed by atoms with Gasteiger partial charge in [-0.1, -0.05) is 319 Å². The van der Waals surface area contributed by atoms with Gasteiger partial charge in [-0.2, -0.15) is 0 Å². The third-order valence-corrected chi connectivity index (χ3v) is 14.5. The van der Waals surface area contributed by atoms with Gasteiger partial charge in [0.25, 0.3) is 0 Å². The summed E-state index contributed by atoms with van der Waals surface area (Å²) in [5.74, 6) is 0. The monoisotopic (exact) mass is 867 g/mol. The summed E-state index contributed by atoms with van der Waals surface area (Å²) in [6, 6.07) is 22.1. The number of rotatable bonds is 46. The molecule has 1 heteroatoms. The molecule has 0 aromatic heterocycles. The molecule has 0 aliphatic rings. The van der Waals surface area contributed by atoms with E-state index in [-0.39, 0.29) is 0 Å². The first-order valence-electron chi connectivity index (χ1n) is 28.0. The molecule has 0 amide bonds. The molecule has 0 saturated heterocycles. The quantitative estimate of drug-likeness (QED) is 0.0476. The van der Waals surface area contributed by atoms with Crippen molar-refractivity contribution in [1.29, 1.82) is 0 Å². The van der Waals surface area contributed by atoms with Crippen LogP contribution in [0.5, 0.6) is 0 Å². The smallest absolute Gasteiger partial charge is 0.0938 e. The van der Waals surface area contributed by atoms with E-state index in [4.69, 9.17) is 17.9 Å². The Hall–Kier alpha value is -2.12. The van der Waals surface area contributed by atoms with Gasteiger partial charge in [-0.25, -0.2) is 0 Å². The number of hydrogen-bond acceptors (Lipinski definition) is 1. The lowest BCUT2D eigenvalue weighted by Gasteiger charge is -2.46. The maximum Gasteiger partial charge on any atom is 0.0938 e. The Morgan fingerprint density at radius 1 is 0.333 bits per heavy atom. The van der Waals surface area contributed by atoms with Crippen molar-refractivity contribution < 1.29 is 4.74 Å². The minimum absolute atomic E-state index is 0.432. The van der Waals surface area contributed by atoms with Crippen LogP contribution in [0.3, 0.4) is 0 Å². The fraction of sp³-hybridized carbons (Fsp3) is 0.742. The molecule has 0 aliphatic heterocycles. The Kier molecular flexibility index (Phi) is 35.4. The van der Waals surface area contributed by atoms with Crippen LogP contribution in [-0.4, -0.2) is 11.2 Å². The zero-order valence-electron chi connectivity index (χ0n) is 42.9. The van der Waals surface area contributed by atoms with Crippen molar-refractivity contribution in [3.8, 4) is 0 Å². The molecule has 63 heavy (non-hydrogen) atoms. The summed E-state index contributed by atoms with van der Waals surface area (Å²) in [6.45, 7) is 18.5. The average Bonchev–Trinajstić information content (AvgIpc) is 3.28. The van der Waals surface area contributed by atoms with Crippen molar-refractivity contribution >= 4 is 0 Å². The highest BCUT2D eigenvalue weighted by atomic mass is 16.5. The van der Waals surface area contributed by atoms with Crippen molar-refractivity contribution in [2.75, 3.05) is 0 Å². The maximum absolute atomic E-state index is 7.82. The first-order valence-corrected chi connectivity index (χ1v) is 28.0. The van der Waals surface area contributed by atoms with Crippen LogP contribution in [0.15, 0.2) is 85.0 Å². The second-order valence-electron chi connectivity index (χ2n) is 20.5. The van der Waals surface area contributed by atoms with E-state index in [0.29, 0.717) is 0 Å². The van der Waals surface area contributed by atoms with Gasteiger partial charge < -0.3 is 4.74 Å². The minimum atomic E-state index is -0.432. The zero-order valence-corrected chi connectivity index (χ0v) is 42.9. The Labute approximate surface area is 394 Å².